The molecular weight excluding hydrogens is 504 g/mol. The van der Waals surface area contributed by atoms with Crippen LogP contribution >= 0.6 is 11.6 Å². The Kier molecular flexibility index (Phi) is 6.92. The molecule has 0 spiro atoms. The monoisotopic (exact) mass is 534 g/mol. The lowest BCUT2D eigenvalue weighted by atomic mass is 10.1. The predicted octanol–water partition coefficient (Wildman–Crippen LogP) is 2.68. The van der Waals surface area contributed by atoms with Crippen molar-refractivity contribution in [2.24, 2.45) is 0 Å². The van der Waals surface area contributed by atoms with Crippen molar-refractivity contribution in [1.29, 1.82) is 0 Å². The predicted molar refractivity (Wildman–Crippen MR) is 150 cm³/mol. The number of methoxy groups -OCH3 is 1. The lowest BCUT2D eigenvalue weighted by molar-refractivity contribution is 0.281. The largest absolute Gasteiger partial charge is 0.495 e. The van der Waals surface area contributed by atoms with Crippen LogP contribution in [0.4, 0.5) is 17.5 Å². The van der Waals surface area contributed by atoms with Gasteiger partial charge in [0.2, 0.25) is 5.95 Å². The number of nitrogens with zero attached hydrogens (tertiary/aromatic N) is 7. The number of benzene rings is 1. The molecule has 3 aromatic heterocycles. The molecule has 38 heavy (non-hydrogen) atoms. The van der Waals surface area contributed by atoms with Crippen LogP contribution in [-0.2, 0) is 6.61 Å². The van der Waals surface area contributed by atoms with Crippen molar-refractivity contribution in [2.75, 3.05) is 74.2 Å². The second kappa shape index (κ2) is 10.6. The van der Waals surface area contributed by atoms with Crippen molar-refractivity contribution in [3.8, 4) is 17.0 Å². The van der Waals surface area contributed by atoms with E-state index in [0.29, 0.717) is 10.8 Å². The minimum absolute atomic E-state index is 0.130. The Labute approximate surface area is 226 Å². The molecule has 2 aliphatic rings. The lowest BCUT2D eigenvalue weighted by Crippen LogP contribution is -2.47. The van der Waals surface area contributed by atoms with E-state index in [9.17, 15) is 5.11 Å². The van der Waals surface area contributed by atoms with Gasteiger partial charge in [0.15, 0.2) is 0 Å². The zero-order chi connectivity index (χ0) is 26.1. The van der Waals surface area contributed by atoms with Crippen molar-refractivity contribution >= 4 is 34.7 Å². The van der Waals surface area contributed by atoms with Crippen LogP contribution < -0.4 is 24.8 Å². The van der Waals surface area contributed by atoms with Gasteiger partial charge < -0.3 is 34.3 Å². The Balaban J connectivity index is 1.17. The third kappa shape index (κ3) is 4.82. The number of anilines is 3. The van der Waals surface area contributed by atoms with E-state index < -0.39 is 0 Å². The summed E-state index contributed by atoms with van der Waals surface area (Å²) in [5.74, 6) is 2.33. The van der Waals surface area contributed by atoms with Crippen LogP contribution in [0.25, 0.3) is 16.9 Å². The molecule has 0 aliphatic carbocycles. The first-order chi connectivity index (χ1) is 18.6. The van der Waals surface area contributed by atoms with Gasteiger partial charge in [0.25, 0.3) is 0 Å². The van der Waals surface area contributed by atoms with Gasteiger partial charge >= 0.3 is 0 Å². The first-order valence-electron chi connectivity index (χ1n) is 12.9. The van der Waals surface area contributed by atoms with Gasteiger partial charge in [-0.3, -0.25) is 0 Å². The van der Waals surface area contributed by atoms with E-state index in [1.54, 1.807) is 19.2 Å². The molecular formula is C27H31ClN8O2. The van der Waals surface area contributed by atoms with E-state index in [1.165, 1.54) is 0 Å². The van der Waals surface area contributed by atoms with Crippen LogP contribution in [-0.4, -0.2) is 83.9 Å². The number of hydrogen-bond acceptors (Lipinski definition) is 9. The summed E-state index contributed by atoms with van der Waals surface area (Å²) in [5.41, 5.74) is 4.24. The minimum Gasteiger partial charge on any atom is -0.495 e. The molecule has 2 aliphatic heterocycles. The van der Waals surface area contributed by atoms with E-state index in [4.69, 9.17) is 26.3 Å². The highest BCUT2D eigenvalue weighted by Gasteiger charge is 2.21. The fraction of sp³-hybridized carbons (Fsp3) is 0.370. The second-order valence-corrected chi connectivity index (χ2v) is 9.91. The fourth-order valence-corrected chi connectivity index (χ4v) is 5.39. The number of aromatic nitrogens is 4. The molecule has 0 radical (unpaired) electrons. The summed E-state index contributed by atoms with van der Waals surface area (Å²) in [4.78, 5) is 21.2. The molecule has 0 bridgehead atoms. The first kappa shape index (κ1) is 24.7. The van der Waals surface area contributed by atoms with Gasteiger partial charge in [-0.15, -0.1) is 0 Å². The number of piperazine rings is 2. The minimum atomic E-state index is -0.130. The van der Waals surface area contributed by atoms with Gasteiger partial charge in [-0.25, -0.2) is 9.97 Å². The van der Waals surface area contributed by atoms with Crippen molar-refractivity contribution in [3.63, 3.8) is 0 Å². The highest BCUT2D eigenvalue weighted by molar-refractivity contribution is 6.32. The number of rotatable bonds is 6. The van der Waals surface area contributed by atoms with Gasteiger partial charge in [-0.1, -0.05) is 11.6 Å². The van der Waals surface area contributed by atoms with E-state index in [2.05, 4.69) is 37.1 Å². The Bertz CT molecular complexity index is 1430. The van der Waals surface area contributed by atoms with E-state index >= 15 is 0 Å². The topological polar surface area (TPSA) is 94.3 Å². The number of hydrogen-bond donors (Lipinski definition) is 2. The molecule has 6 rings (SSSR count). The van der Waals surface area contributed by atoms with Gasteiger partial charge in [-0.05, 0) is 29.8 Å². The summed E-state index contributed by atoms with van der Waals surface area (Å²) >= 11 is 6.37. The van der Waals surface area contributed by atoms with E-state index in [-0.39, 0.29) is 6.61 Å². The maximum absolute atomic E-state index is 9.91. The van der Waals surface area contributed by atoms with Gasteiger partial charge in [0.1, 0.15) is 17.2 Å². The first-order valence-corrected chi connectivity index (χ1v) is 13.3. The van der Waals surface area contributed by atoms with Crippen LogP contribution in [0.5, 0.6) is 5.75 Å². The molecule has 0 saturated carbocycles. The normalized spacial score (nSPS) is 16.3. The molecule has 11 heteroatoms. The maximum atomic E-state index is 9.91. The van der Waals surface area contributed by atoms with Gasteiger partial charge in [0.05, 0.1) is 24.4 Å². The van der Waals surface area contributed by atoms with Crippen LogP contribution in [0.1, 0.15) is 5.56 Å². The number of nitrogens with one attached hydrogen (secondary N) is 1. The number of aliphatic hydroxyl groups excluding tert-OH is 1. The average molecular weight is 535 g/mol. The summed E-state index contributed by atoms with van der Waals surface area (Å²) in [6.45, 7) is 7.20. The highest BCUT2D eigenvalue weighted by Crippen LogP contribution is 2.34. The zero-order valence-electron chi connectivity index (χ0n) is 21.3. The maximum Gasteiger partial charge on any atom is 0.227 e. The smallest absolute Gasteiger partial charge is 0.227 e. The molecule has 198 valence electrons. The number of halogens is 1. The summed E-state index contributed by atoms with van der Waals surface area (Å²) in [5, 5.41) is 13.8. The lowest BCUT2D eigenvalue weighted by Gasteiger charge is -2.37. The highest BCUT2D eigenvalue weighted by atomic mass is 35.5. The molecule has 2 N–H and O–H groups in total. The summed E-state index contributed by atoms with van der Waals surface area (Å²) < 4.78 is 7.29. The zero-order valence-corrected chi connectivity index (χ0v) is 22.1. The molecule has 2 fully saturated rings. The summed E-state index contributed by atoms with van der Waals surface area (Å²) in [6, 6.07) is 9.79. The number of aliphatic hydroxyl groups is 1. The van der Waals surface area contributed by atoms with Crippen molar-refractivity contribution in [3.05, 3.63) is 59.5 Å². The SMILES string of the molecule is COc1cc(CO)c(-c2cn3ccc(N4CCN(c5ccnc(N6CCNCC6)n5)CC4)cc3n2)cc1Cl. The molecule has 10 nitrogen and oxygen atoms in total. The Morgan fingerprint density at radius 2 is 1.76 bits per heavy atom. The van der Waals surface area contributed by atoms with Gasteiger partial charge in [0, 0.05) is 88.3 Å². The van der Waals surface area contributed by atoms with Crippen LogP contribution in [0.2, 0.25) is 5.02 Å². The standard InChI is InChI=1S/C27H31ClN8O2/c1-38-24-14-19(18-37)21(16-22(24)28)23-17-36-7-3-20(15-26(36)31-23)33-10-12-34(13-11-33)25-2-4-30-27(32-25)35-8-5-29-6-9-35/h2-4,7,14-17,29,37H,5-6,8-13,18H2,1H3. The number of pyridine rings is 1. The fourth-order valence-electron chi connectivity index (χ4n) is 5.15. The Hall–Kier alpha value is -3.60. The molecule has 5 heterocycles. The van der Waals surface area contributed by atoms with Gasteiger partial charge in [-0.2, -0.15) is 4.98 Å². The van der Waals surface area contributed by atoms with Crippen molar-refractivity contribution in [1.82, 2.24) is 24.7 Å². The van der Waals surface area contributed by atoms with Crippen LogP contribution in [0.15, 0.2) is 48.9 Å². The van der Waals surface area contributed by atoms with Crippen molar-refractivity contribution in [2.45, 2.75) is 6.61 Å². The molecule has 1 aromatic carbocycles. The molecule has 2 saturated heterocycles. The second-order valence-electron chi connectivity index (χ2n) is 9.50. The Morgan fingerprint density at radius 3 is 2.53 bits per heavy atom. The molecule has 0 amide bonds. The third-order valence-electron chi connectivity index (χ3n) is 7.26. The number of ether oxygens (including phenoxy) is 1. The summed E-state index contributed by atoms with van der Waals surface area (Å²) in [7, 11) is 1.56. The average Bonchev–Trinajstić information content (AvgIpc) is 3.41. The van der Waals surface area contributed by atoms with Crippen LogP contribution in [0, 0.1) is 0 Å². The summed E-state index contributed by atoms with van der Waals surface area (Å²) in [6.07, 6.45) is 5.86. The van der Waals surface area contributed by atoms with E-state index in [1.807, 2.05) is 29.1 Å². The quantitative estimate of drug-likeness (QED) is 0.387. The third-order valence-corrected chi connectivity index (χ3v) is 7.56. The molecule has 0 atom stereocenters. The van der Waals surface area contributed by atoms with Crippen LogP contribution in [0.3, 0.4) is 0 Å². The van der Waals surface area contributed by atoms with E-state index in [0.717, 1.165) is 92.3 Å². The molecule has 4 aromatic rings. The number of fused-ring (bicyclic) bond motifs is 1. The Morgan fingerprint density at radius 1 is 0.974 bits per heavy atom. The number of imidazole rings is 1. The van der Waals surface area contributed by atoms with Crippen molar-refractivity contribution < 1.29 is 9.84 Å². The molecule has 0 unspecified atom stereocenters.